The Morgan fingerprint density at radius 3 is 2.50 bits per heavy atom. The second-order valence-corrected chi connectivity index (χ2v) is 8.91. The summed E-state index contributed by atoms with van der Waals surface area (Å²) in [5, 5.41) is 0.613. The van der Waals surface area contributed by atoms with Gasteiger partial charge in [0.1, 0.15) is 0 Å². The van der Waals surface area contributed by atoms with Gasteiger partial charge in [-0.1, -0.05) is 41.1 Å². The number of halogens is 1. The number of esters is 1. The summed E-state index contributed by atoms with van der Waals surface area (Å²) in [5.41, 5.74) is 2.05. The summed E-state index contributed by atoms with van der Waals surface area (Å²) in [6.07, 6.45) is 1.79. The average Bonchev–Trinajstić information content (AvgIpc) is 3.13. The molecule has 0 spiro atoms. The van der Waals surface area contributed by atoms with E-state index in [1.807, 2.05) is 12.1 Å². The monoisotopic (exact) mass is 498 g/mol. The molecule has 0 saturated carbocycles. The second kappa shape index (κ2) is 9.87. The number of carbonyl (C=O) groups is 1. The molecule has 176 valence electrons. The molecule has 34 heavy (non-hydrogen) atoms. The van der Waals surface area contributed by atoms with E-state index in [0.717, 1.165) is 5.56 Å². The molecule has 4 rings (SSSR count). The maximum atomic E-state index is 13.6. The van der Waals surface area contributed by atoms with E-state index in [1.54, 1.807) is 57.4 Å². The van der Waals surface area contributed by atoms with Crippen molar-refractivity contribution >= 4 is 35.0 Å². The Bertz CT molecular complexity index is 1450. The molecule has 0 amide bonds. The average molecular weight is 499 g/mol. The fraction of sp³-hybridized carbons (Fsp3) is 0.240. The lowest BCUT2D eigenvalue weighted by Crippen LogP contribution is -2.39. The van der Waals surface area contributed by atoms with Gasteiger partial charge in [-0.3, -0.25) is 9.36 Å². The summed E-state index contributed by atoms with van der Waals surface area (Å²) >= 11 is 7.25. The molecule has 0 aliphatic carbocycles. The van der Waals surface area contributed by atoms with Gasteiger partial charge in [0, 0.05) is 5.02 Å². The summed E-state index contributed by atoms with van der Waals surface area (Å²) < 4.78 is 18.2. The van der Waals surface area contributed by atoms with Crippen LogP contribution in [0.2, 0.25) is 5.02 Å². The molecule has 0 fully saturated rings. The molecule has 1 atom stereocenters. The maximum absolute atomic E-state index is 13.6. The number of nitrogens with zero attached hydrogens (tertiary/aromatic N) is 2. The molecular formula is C25H23ClN2O5S. The van der Waals surface area contributed by atoms with Crippen LogP contribution >= 0.6 is 22.9 Å². The van der Waals surface area contributed by atoms with Crippen molar-refractivity contribution in [1.82, 2.24) is 4.57 Å². The number of benzene rings is 2. The molecule has 1 aliphatic heterocycles. The van der Waals surface area contributed by atoms with Crippen molar-refractivity contribution in [3.8, 4) is 11.5 Å². The molecule has 0 radical (unpaired) electrons. The molecule has 2 heterocycles. The Morgan fingerprint density at radius 1 is 1.15 bits per heavy atom. The van der Waals surface area contributed by atoms with Crippen LogP contribution in [0.15, 0.2) is 63.5 Å². The number of aromatic nitrogens is 1. The molecule has 2 aromatic carbocycles. The van der Waals surface area contributed by atoms with Crippen LogP contribution in [-0.4, -0.2) is 31.4 Å². The molecule has 3 aromatic rings. The zero-order valence-electron chi connectivity index (χ0n) is 19.1. The molecule has 9 heteroatoms. The number of ether oxygens (including phenoxy) is 3. The van der Waals surface area contributed by atoms with Crippen LogP contribution < -0.4 is 24.4 Å². The minimum absolute atomic E-state index is 0.204. The fourth-order valence-electron chi connectivity index (χ4n) is 3.84. The predicted molar refractivity (Wildman–Crippen MR) is 131 cm³/mol. The first-order chi connectivity index (χ1) is 16.4. The van der Waals surface area contributed by atoms with E-state index in [4.69, 9.17) is 25.8 Å². The summed E-state index contributed by atoms with van der Waals surface area (Å²) in [5.74, 6) is 0.511. The Kier molecular flexibility index (Phi) is 6.90. The van der Waals surface area contributed by atoms with Gasteiger partial charge in [0.25, 0.3) is 5.56 Å². The van der Waals surface area contributed by atoms with Crippen molar-refractivity contribution in [2.24, 2.45) is 4.99 Å². The van der Waals surface area contributed by atoms with E-state index in [0.29, 0.717) is 42.7 Å². The molecule has 1 aliphatic rings. The molecule has 0 saturated heterocycles. The van der Waals surface area contributed by atoms with Gasteiger partial charge in [0.2, 0.25) is 0 Å². The van der Waals surface area contributed by atoms with E-state index >= 15 is 0 Å². The Morgan fingerprint density at radius 2 is 1.85 bits per heavy atom. The van der Waals surface area contributed by atoms with Gasteiger partial charge in [-0.05, 0) is 55.3 Å². The molecule has 1 unspecified atom stereocenters. The summed E-state index contributed by atoms with van der Waals surface area (Å²) in [6.45, 7) is 3.69. The summed E-state index contributed by atoms with van der Waals surface area (Å²) in [4.78, 5) is 31.7. The minimum atomic E-state index is -0.734. The Labute approximate surface area is 205 Å². The lowest BCUT2D eigenvalue weighted by molar-refractivity contribution is -0.139. The number of hydrogen-bond donors (Lipinski definition) is 0. The normalized spacial score (nSPS) is 15.6. The predicted octanol–water partition coefficient (Wildman–Crippen LogP) is 3.47. The van der Waals surface area contributed by atoms with Crippen molar-refractivity contribution < 1.29 is 19.0 Å². The summed E-state index contributed by atoms with van der Waals surface area (Å²) in [6, 6.07) is 11.8. The van der Waals surface area contributed by atoms with E-state index in [9.17, 15) is 9.59 Å². The third-order valence-corrected chi connectivity index (χ3v) is 6.64. The highest BCUT2D eigenvalue weighted by atomic mass is 35.5. The molecule has 7 nitrogen and oxygen atoms in total. The SMILES string of the molecule is CCOC(=O)C1=C(C)N=c2s/c(=C\c3ccc(Cl)cc3)c(=O)n2C1c1ccc(OC)c(OC)c1. The highest BCUT2D eigenvalue weighted by molar-refractivity contribution is 7.07. The number of thiazole rings is 1. The van der Waals surface area contributed by atoms with Crippen molar-refractivity contribution in [1.29, 1.82) is 0 Å². The van der Waals surface area contributed by atoms with Crippen LogP contribution in [0.3, 0.4) is 0 Å². The van der Waals surface area contributed by atoms with Crippen LogP contribution in [0, 0.1) is 0 Å². The zero-order chi connectivity index (χ0) is 24.4. The first-order valence-corrected chi connectivity index (χ1v) is 11.7. The largest absolute Gasteiger partial charge is 0.493 e. The number of fused-ring (bicyclic) bond motifs is 1. The van der Waals surface area contributed by atoms with Gasteiger partial charge in [0.05, 0.1) is 42.7 Å². The smallest absolute Gasteiger partial charge is 0.338 e. The topological polar surface area (TPSA) is 79.1 Å². The number of rotatable bonds is 6. The van der Waals surface area contributed by atoms with E-state index in [1.165, 1.54) is 23.0 Å². The standard InChI is InChI=1S/C25H23ClN2O5S/c1-5-33-24(30)21-14(2)27-25-28(22(21)16-8-11-18(31-3)19(13-16)32-4)23(29)20(34-25)12-15-6-9-17(26)10-7-15/h6-13,22H,5H2,1-4H3/b20-12-. The lowest BCUT2D eigenvalue weighted by atomic mass is 9.95. The van der Waals surface area contributed by atoms with Crippen molar-refractivity contribution in [3.63, 3.8) is 0 Å². The quantitative estimate of drug-likeness (QED) is 0.486. The molecule has 0 bridgehead atoms. The number of allylic oxidation sites excluding steroid dienone is 1. The van der Waals surface area contributed by atoms with Crippen LogP contribution in [0.1, 0.15) is 31.0 Å². The lowest BCUT2D eigenvalue weighted by Gasteiger charge is -2.25. The molecule has 0 N–H and O–H groups in total. The van der Waals surface area contributed by atoms with Gasteiger partial charge in [-0.15, -0.1) is 0 Å². The highest BCUT2D eigenvalue weighted by Crippen LogP contribution is 2.36. The Hall–Kier alpha value is -3.36. The Balaban J connectivity index is 1.96. The second-order valence-electron chi connectivity index (χ2n) is 7.47. The number of hydrogen-bond acceptors (Lipinski definition) is 7. The minimum Gasteiger partial charge on any atom is -0.493 e. The number of carbonyl (C=O) groups excluding carboxylic acids is 1. The van der Waals surface area contributed by atoms with E-state index in [-0.39, 0.29) is 12.2 Å². The highest BCUT2D eigenvalue weighted by Gasteiger charge is 2.33. The van der Waals surface area contributed by atoms with Gasteiger partial charge in [-0.25, -0.2) is 9.79 Å². The van der Waals surface area contributed by atoms with Crippen LogP contribution in [0.4, 0.5) is 0 Å². The van der Waals surface area contributed by atoms with Crippen LogP contribution in [0.25, 0.3) is 6.08 Å². The van der Waals surface area contributed by atoms with Gasteiger partial charge in [0.15, 0.2) is 16.3 Å². The molecule has 1 aromatic heterocycles. The van der Waals surface area contributed by atoms with Crippen LogP contribution in [0.5, 0.6) is 11.5 Å². The van der Waals surface area contributed by atoms with Crippen molar-refractivity contribution in [2.75, 3.05) is 20.8 Å². The maximum Gasteiger partial charge on any atom is 0.338 e. The van der Waals surface area contributed by atoms with Gasteiger partial charge >= 0.3 is 5.97 Å². The number of methoxy groups -OCH3 is 2. The van der Waals surface area contributed by atoms with E-state index < -0.39 is 12.0 Å². The molecular weight excluding hydrogens is 476 g/mol. The van der Waals surface area contributed by atoms with E-state index in [2.05, 4.69) is 4.99 Å². The summed E-state index contributed by atoms with van der Waals surface area (Å²) in [7, 11) is 3.08. The van der Waals surface area contributed by atoms with Crippen LogP contribution in [-0.2, 0) is 9.53 Å². The fourth-order valence-corrected chi connectivity index (χ4v) is 5.01. The first-order valence-electron chi connectivity index (χ1n) is 10.5. The van der Waals surface area contributed by atoms with Gasteiger partial charge in [-0.2, -0.15) is 0 Å². The zero-order valence-corrected chi connectivity index (χ0v) is 20.7. The van der Waals surface area contributed by atoms with Crippen molar-refractivity contribution in [2.45, 2.75) is 19.9 Å². The third kappa shape index (κ3) is 4.38. The van der Waals surface area contributed by atoms with Crippen molar-refractivity contribution in [3.05, 3.63) is 89.6 Å². The third-order valence-electron chi connectivity index (χ3n) is 5.41. The van der Waals surface area contributed by atoms with Gasteiger partial charge < -0.3 is 14.2 Å². The first kappa shape index (κ1) is 23.8.